The summed E-state index contributed by atoms with van der Waals surface area (Å²) in [6.07, 6.45) is 1.86. The highest BCUT2D eigenvalue weighted by molar-refractivity contribution is 9.10. The van der Waals surface area contributed by atoms with Gasteiger partial charge in [0.2, 0.25) is 0 Å². The number of hydrogen-bond acceptors (Lipinski definition) is 6. The predicted octanol–water partition coefficient (Wildman–Crippen LogP) is 3.55. The molecule has 9 heteroatoms. The first-order valence-electron chi connectivity index (χ1n) is 8.90. The van der Waals surface area contributed by atoms with E-state index < -0.39 is 5.97 Å². The molecule has 0 atom stereocenters. The molecule has 0 unspecified atom stereocenters. The summed E-state index contributed by atoms with van der Waals surface area (Å²) in [5, 5.41) is 7.14. The molecular weight excluding hydrogens is 442 g/mol. The second-order valence-corrected chi connectivity index (χ2v) is 6.89. The Labute approximate surface area is 175 Å². The van der Waals surface area contributed by atoms with E-state index in [-0.39, 0.29) is 24.8 Å². The minimum Gasteiger partial charge on any atom is -0.486 e. The number of hydrogen-bond donors (Lipinski definition) is 1. The van der Waals surface area contributed by atoms with Crippen molar-refractivity contribution in [2.75, 3.05) is 7.11 Å². The van der Waals surface area contributed by atoms with Crippen molar-refractivity contribution in [3.8, 4) is 5.75 Å². The fraction of sp³-hybridized carbons (Fsp3) is 0.250. The van der Waals surface area contributed by atoms with Crippen molar-refractivity contribution < 1.29 is 23.5 Å². The monoisotopic (exact) mass is 461 g/mol. The molecule has 1 aromatic carbocycles. The lowest BCUT2D eigenvalue weighted by molar-refractivity contribution is 0.0600. The summed E-state index contributed by atoms with van der Waals surface area (Å²) in [6.45, 7) is 3.17. The molecular formula is C20H20BrN3O5. The highest BCUT2D eigenvalue weighted by atomic mass is 79.9. The predicted molar refractivity (Wildman–Crippen MR) is 108 cm³/mol. The lowest BCUT2D eigenvalue weighted by Gasteiger charge is -2.05. The Balaban J connectivity index is 1.52. The Morgan fingerprint density at radius 1 is 1.21 bits per heavy atom. The molecule has 1 amide bonds. The summed E-state index contributed by atoms with van der Waals surface area (Å²) in [5.74, 6) is 0.513. The first-order chi connectivity index (χ1) is 14.0. The molecule has 29 heavy (non-hydrogen) atoms. The van der Waals surface area contributed by atoms with Crippen molar-refractivity contribution in [2.45, 2.75) is 26.6 Å². The zero-order chi connectivity index (χ0) is 20.8. The van der Waals surface area contributed by atoms with Gasteiger partial charge in [-0.25, -0.2) is 4.79 Å². The number of methoxy groups -OCH3 is 1. The minimum absolute atomic E-state index is 0.150. The van der Waals surface area contributed by atoms with Crippen molar-refractivity contribution in [1.82, 2.24) is 15.1 Å². The van der Waals surface area contributed by atoms with Gasteiger partial charge in [0.25, 0.3) is 5.91 Å². The van der Waals surface area contributed by atoms with Gasteiger partial charge in [0.1, 0.15) is 18.1 Å². The van der Waals surface area contributed by atoms with E-state index in [0.717, 1.165) is 16.7 Å². The van der Waals surface area contributed by atoms with Crippen LogP contribution in [-0.2, 0) is 24.4 Å². The van der Waals surface area contributed by atoms with Crippen LogP contribution in [0.1, 0.15) is 39.3 Å². The normalized spacial score (nSPS) is 10.6. The fourth-order valence-electron chi connectivity index (χ4n) is 2.51. The maximum Gasteiger partial charge on any atom is 0.337 e. The maximum absolute atomic E-state index is 12.3. The van der Waals surface area contributed by atoms with Crippen LogP contribution in [0.4, 0.5) is 0 Å². The number of aromatic nitrogens is 2. The average molecular weight is 462 g/mol. The molecule has 2 heterocycles. The summed E-state index contributed by atoms with van der Waals surface area (Å²) in [6, 6.07) is 9.82. The molecule has 3 rings (SSSR count). The lowest BCUT2D eigenvalue weighted by Crippen LogP contribution is -2.22. The molecule has 3 aromatic rings. The molecule has 1 N–H and O–H groups in total. The van der Waals surface area contributed by atoms with E-state index in [2.05, 4.69) is 31.1 Å². The zero-order valence-electron chi connectivity index (χ0n) is 16.0. The van der Waals surface area contributed by atoms with E-state index in [1.165, 1.54) is 7.11 Å². The summed E-state index contributed by atoms with van der Waals surface area (Å²) in [5.41, 5.74) is 1.18. The van der Waals surface area contributed by atoms with E-state index in [1.807, 2.05) is 13.1 Å². The van der Waals surface area contributed by atoms with Crippen molar-refractivity contribution in [3.63, 3.8) is 0 Å². The third-order valence-electron chi connectivity index (χ3n) is 4.07. The van der Waals surface area contributed by atoms with Crippen LogP contribution in [0.5, 0.6) is 5.75 Å². The van der Waals surface area contributed by atoms with Crippen molar-refractivity contribution in [3.05, 3.63) is 69.8 Å². The summed E-state index contributed by atoms with van der Waals surface area (Å²) in [7, 11) is 1.33. The quantitative estimate of drug-likeness (QED) is 0.515. The van der Waals surface area contributed by atoms with E-state index in [9.17, 15) is 9.59 Å². The Morgan fingerprint density at radius 2 is 1.97 bits per heavy atom. The number of aryl methyl sites for hydroxylation is 1. The molecule has 0 saturated heterocycles. The van der Waals surface area contributed by atoms with Gasteiger partial charge in [-0.3, -0.25) is 9.48 Å². The number of furan rings is 1. The van der Waals surface area contributed by atoms with Crippen molar-refractivity contribution >= 4 is 27.8 Å². The molecule has 0 fully saturated rings. The van der Waals surface area contributed by atoms with Crippen LogP contribution in [0.2, 0.25) is 0 Å². The van der Waals surface area contributed by atoms with Crippen molar-refractivity contribution in [2.24, 2.45) is 0 Å². The van der Waals surface area contributed by atoms with E-state index in [4.69, 9.17) is 9.15 Å². The van der Waals surface area contributed by atoms with Crippen LogP contribution in [0.15, 0.2) is 51.5 Å². The molecule has 0 spiro atoms. The Bertz CT molecular complexity index is 994. The summed E-state index contributed by atoms with van der Waals surface area (Å²) in [4.78, 5) is 23.7. The minimum atomic E-state index is -0.410. The standard InChI is InChI=1S/C20H20BrN3O5/c1-3-24-11-16(21)17(23-24)10-22-19(25)18-9-8-15(29-18)12-28-14-6-4-13(5-7-14)20(26)27-2/h4-9,11H,3,10,12H2,1-2H3,(H,22,25). The molecule has 8 nitrogen and oxygen atoms in total. The van der Waals surface area contributed by atoms with Gasteiger partial charge in [0, 0.05) is 12.7 Å². The van der Waals surface area contributed by atoms with Gasteiger partial charge in [-0.15, -0.1) is 0 Å². The van der Waals surface area contributed by atoms with Crippen LogP contribution in [0, 0.1) is 0 Å². The third-order valence-corrected chi connectivity index (χ3v) is 4.73. The summed E-state index contributed by atoms with van der Waals surface area (Å²) < 4.78 is 18.4. The number of ether oxygens (including phenoxy) is 2. The molecule has 2 aromatic heterocycles. The topological polar surface area (TPSA) is 95.6 Å². The molecule has 0 aliphatic heterocycles. The molecule has 0 aliphatic rings. The molecule has 0 radical (unpaired) electrons. The van der Waals surface area contributed by atoms with Crippen LogP contribution in [-0.4, -0.2) is 28.8 Å². The first kappa shape index (κ1) is 20.7. The number of benzene rings is 1. The van der Waals surface area contributed by atoms with E-state index in [0.29, 0.717) is 17.1 Å². The lowest BCUT2D eigenvalue weighted by atomic mass is 10.2. The second kappa shape index (κ2) is 9.42. The zero-order valence-corrected chi connectivity index (χ0v) is 17.6. The number of carbonyl (C=O) groups is 2. The number of carbonyl (C=O) groups excluding carboxylic acids is 2. The highest BCUT2D eigenvalue weighted by Gasteiger charge is 2.14. The Kier molecular flexibility index (Phi) is 6.71. The van der Waals surface area contributed by atoms with Gasteiger partial charge in [-0.1, -0.05) is 0 Å². The largest absolute Gasteiger partial charge is 0.486 e. The van der Waals surface area contributed by atoms with Crippen LogP contribution >= 0.6 is 15.9 Å². The number of esters is 1. The van der Waals surface area contributed by atoms with Crippen LogP contribution < -0.4 is 10.1 Å². The second-order valence-electron chi connectivity index (χ2n) is 6.03. The maximum atomic E-state index is 12.3. The number of nitrogens with zero attached hydrogens (tertiary/aromatic N) is 2. The number of amides is 1. The molecule has 0 bridgehead atoms. The summed E-state index contributed by atoms with van der Waals surface area (Å²) >= 11 is 3.43. The van der Waals surface area contributed by atoms with E-state index >= 15 is 0 Å². The average Bonchev–Trinajstić information content (AvgIpc) is 3.36. The van der Waals surface area contributed by atoms with Gasteiger partial charge < -0.3 is 19.2 Å². The number of nitrogens with one attached hydrogen (secondary N) is 1. The van der Waals surface area contributed by atoms with Gasteiger partial charge in [0.15, 0.2) is 5.76 Å². The smallest absolute Gasteiger partial charge is 0.337 e. The fourth-order valence-corrected chi connectivity index (χ4v) is 2.96. The van der Waals surface area contributed by atoms with Gasteiger partial charge >= 0.3 is 5.97 Å². The van der Waals surface area contributed by atoms with Gasteiger partial charge in [-0.2, -0.15) is 5.10 Å². The third kappa shape index (κ3) is 5.26. The van der Waals surface area contributed by atoms with Gasteiger partial charge in [-0.05, 0) is 59.3 Å². The number of rotatable bonds is 8. The van der Waals surface area contributed by atoms with Crippen LogP contribution in [0.3, 0.4) is 0 Å². The Hall–Kier alpha value is -3.07. The number of halogens is 1. The first-order valence-corrected chi connectivity index (χ1v) is 9.69. The van der Waals surface area contributed by atoms with Crippen molar-refractivity contribution in [1.29, 1.82) is 0 Å². The highest BCUT2D eigenvalue weighted by Crippen LogP contribution is 2.17. The molecule has 0 aliphatic carbocycles. The molecule has 0 saturated carbocycles. The Morgan fingerprint density at radius 3 is 2.62 bits per heavy atom. The SMILES string of the molecule is CCn1cc(Br)c(CNC(=O)c2ccc(COc3ccc(C(=O)OC)cc3)o2)n1. The van der Waals surface area contributed by atoms with Gasteiger partial charge in [0.05, 0.1) is 29.4 Å². The van der Waals surface area contributed by atoms with Crippen LogP contribution in [0.25, 0.3) is 0 Å². The van der Waals surface area contributed by atoms with E-state index in [1.54, 1.807) is 41.1 Å². The molecule has 152 valence electrons.